The minimum Gasteiger partial charge on any atom is -0.388 e. The smallest absolute Gasteiger partial charge is 0.314 e. The van der Waals surface area contributed by atoms with Crippen molar-refractivity contribution in [3.05, 3.63) is 29.6 Å². The van der Waals surface area contributed by atoms with Gasteiger partial charge >= 0.3 is 6.03 Å². The first kappa shape index (κ1) is 15.8. The van der Waals surface area contributed by atoms with Crippen LogP contribution in [0.25, 0.3) is 0 Å². The fourth-order valence-corrected chi connectivity index (χ4v) is 2.66. The normalized spacial score (nSPS) is 17.2. The maximum Gasteiger partial charge on any atom is 0.314 e. The van der Waals surface area contributed by atoms with Gasteiger partial charge in [-0.05, 0) is 37.8 Å². The van der Waals surface area contributed by atoms with Gasteiger partial charge in [0.25, 0.3) is 0 Å². The lowest BCUT2D eigenvalue weighted by Crippen LogP contribution is -2.47. The summed E-state index contributed by atoms with van der Waals surface area (Å²) in [6.45, 7) is 2.85. The number of pyridine rings is 1. The number of carbonyl (C=O) groups excluding carboxylic acids is 1. The van der Waals surface area contributed by atoms with Crippen molar-refractivity contribution in [2.75, 3.05) is 13.1 Å². The molecule has 1 saturated carbocycles. The zero-order chi connectivity index (χ0) is 15.1. The van der Waals surface area contributed by atoms with E-state index in [-0.39, 0.29) is 6.03 Å². The molecular formula is C16H25N3O2. The summed E-state index contributed by atoms with van der Waals surface area (Å²) in [4.78, 5) is 15.9. The first-order valence-corrected chi connectivity index (χ1v) is 7.73. The molecule has 0 bridgehead atoms. The number of hydrogen-bond acceptors (Lipinski definition) is 3. The van der Waals surface area contributed by atoms with Crippen molar-refractivity contribution in [1.82, 2.24) is 15.6 Å². The Bertz CT molecular complexity index is 453. The molecule has 1 heterocycles. The highest BCUT2D eigenvalue weighted by molar-refractivity contribution is 5.73. The van der Waals surface area contributed by atoms with E-state index in [0.29, 0.717) is 13.1 Å². The van der Waals surface area contributed by atoms with Crippen LogP contribution in [-0.2, 0) is 6.42 Å². The topological polar surface area (TPSA) is 74.2 Å². The summed E-state index contributed by atoms with van der Waals surface area (Å²) in [7, 11) is 0. The third-order valence-electron chi connectivity index (χ3n) is 4.03. The van der Waals surface area contributed by atoms with Crippen LogP contribution in [0.15, 0.2) is 18.3 Å². The average molecular weight is 291 g/mol. The summed E-state index contributed by atoms with van der Waals surface area (Å²) < 4.78 is 0. The number of nitrogens with zero attached hydrogens (tertiary/aromatic N) is 1. The van der Waals surface area contributed by atoms with E-state index in [1.54, 1.807) is 0 Å². The molecule has 3 N–H and O–H groups in total. The summed E-state index contributed by atoms with van der Waals surface area (Å²) in [6, 6.07) is 3.77. The molecule has 0 unspecified atom stereocenters. The van der Waals surface area contributed by atoms with Crippen LogP contribution in [0, 0.1) is 6.92 Å². The van der Waals surface area contributed by atoms with Crippen molar-refractivity contribution in [3.63, 3.8) is 0 Å². The van der Waals surface area contributed by atoms with E-state index in [1.165, 1.54) is 6.42 Å². The lowest BCUT2D eigenvalue weighted by molar-refractivity contribution is 0.00720. The van der Waals surface area contributed by atoms with Gasteiger partial charge in [0.2, 0.25) is 0 Å². The molecule has 0 spiro atoms. The minimum atomic E-state index is -0.712. The summed E-state index contributed by atoms with van der Waals surface area (Å²) >= 11 is 0. The summed E-state index contributed by atoms with van der Waals surface area (Å²) in [6.07, 6.45) is 7.41. The van der Waals surface area contributed by atoms with E-state index >= 15 is 0 Å². The van der Waals surface area contributed by atoms with Gasteiger partial charge in [0.1, 0.15) is 0 Å². The van der Waals surface area contributed by atoms with E-state index in [1.807, 2.05) is 25.3 Å². The molecule has 1 fully saturated rings. The number of aromatic nitrogens is 1. The Labute approximate surface area is 126 Å². The van der Waals surface area contributed by atoms with E-state index < -0.39 is 5.60 Å². The van der Waals surface area contributed by atoms with Gasteiger partial charge in [-0.2, -0.15) is 0 Å². The van der Waals surface area contributed by atoms with Crippen molar-refractivity contribution < 1.29 is 9.90 Å². The third-order valence-corrected chi connectivity index (χ3v) is 4.03. The molecule has 0 atom stereocenters. The zero-order valence-electron chi connectivity index (χ0n) is 12.7. The number of amides is 2. The number of hydrogen-bond donors (Lipinski definition) is 3. The second kappa shape index (κ2) is 7.41. The maximum absolute atomic E-state index is 11.7. The van der Waals surface area contributed by atoms with Crippen LogP contribution in [-0.4, -0.2) is 34.8 Å². The molecule has 0 aromatic carbocycles. The van der Waals surface area contributed by atoms with Gasteiger partial charge < -0.3 is 15.7 Å². The standard InChI is InChI=1S/C16H25N3O2/c1-13-5-6-14(11-18-13)7-10-17-15(20)19-12-16(21)8-3-2-4-9-16/h5-6,11,21H,2-4,7-10,12H2,1H3,(H2,17,19,20). The molecule has 116 valence electrons. The van der Waals surface area contributed by atoms with Crippen LogP contribution in [0.2, 0.25) is 0 Å². The van der Waals surface area contributed by atoms with Gasteiger partial charge in [0.15, 0.2) is 0 Å². The minimum absolute atomic E-state index is 0.214. The molecule has 1 aliphatic rings. The number of nitrogens with one attached hydrogen (secondary N) is 2. The van der Waals surface area contributed by atoms with Crippen molar-refractivity contribution >= 4 is 6.03 Å². The molecule has 2 rings (SSSR count). The quantitative estimate of drug-likeness (QED) is 0.776. The predicted octanol–water partition coefficient (Wildman–Crippen LogP) is 1.93. The molecule has 2 amide bonds. The fraction of sp³-hybridized carbons (Fsp3) is 0.625. The number of urea groups is 1. The largest absolute Gasteiger partial charge is 0.388 e. The second-order valence-electron chi connectivity index (χ2n) is 5.95. The van der Waals surface area contributed by atoms with Gasteiger partial charge in [-0.25, -0.2) is 4.79 Å². The van der Waals surface area contributed by atoms with Crippen LogP contribution >= 0.6 is 0 Å². The van der Waals surface area contributed by atoms with Gasteiger partial charge in [0, 0.05) is 25.0 Å². The molecule has 5 nitrogen and oxygen atoms in total. The Kier molecular flexibility index (Phi) is 5.56. The van der Waals surface area contributed by atoms with Gasteiger partial charge in [-0.15, -0.1) is 0 Å². The van der Waals surface area contributed by atoms with Crippen molar-refractivity contribution in [2.45, 2.75) is 51.0 Å². The molecule has 21 heavy (non-hydrogen) atoms. The van der Waals surface area contributed by atoms with Gasteiger partial charge in [-0.1, -0.05) is 25.3 Å². The third kappa shape index (κ3) is 5.34. The van der Waals surface area contributed by atoms with Crippen molar-refractivity contribution in [2.24, 2.45) is 0 Å². The Morgan fingerprint density at radius 2 is 2.05 bits per heavy atom. The Morgan fingerprint density at radius 3 is 2.71 bits per heavy atom. The van der Waals surface area contributed by atoms with Crippen LogP contribution in [0.1, 0.15) is 43.4 Å². The molecule has 1 aromatic heterocycles. The molecule has 1 aromatic rings. The second-order valence-corrected chi connectivity index (χ2v) is 5.95. The highest BCUT2D eigenvalue weighted by Gasteiger charge is 2.29. The predicted molar refractivity (Wildman–Crippen MR) is 82.1 cm³/mol. The fourth-order valence-electron chi connectivity index (χ4n) is 2.66. The lowest BCUT2D eigenvalue weighted by Gasteiger charge is -2.32. The van der Waals surface area contributed by atoms with Crippen molar-refractivity contribution in [3.8, 4) is 0 Å². The molecule has 0 saturated heterocycles. The Morgan fingerprint density at radius 1 is 1.29 bits per heavy atom. The molecule has 0 aliphatic heterocycles. The van der Waals surface area contributed by atoms with Crippen LogP contribution < -0.4 is 10.6 Å². The number of carbonyl (C=O) groups is 1. The molecular weight excluding hydrogens is 266 g/mol. The zero-order valence-corrected chi connectivity index (χ0v) is 12.7. The molecule has 1 aliphatic carbocycles. The number of aliphatic hydroxyl groups is 1. The van der Waals surface area contributed by atoms with Gasteiger partial charge in [-0.3, -0.25) is 4.98 Å². The number of aryl methyl sites for hydroxylation is 1. The van der Waals surface area contributed by atoms with E-state index in [2.05, 4.69) is 15.6 Å². The van der Waals surface area contributed by atoms with Crippen LogP contribution in [0.5, 0.6) is 0 Å². The summed E-state index contributed by atoms with van der Waals surface area (Å²) in [5, 5.41) is 15.9. The maximum atomic E-state index is 11.7. The van der Waals surface area contributed by atoms with E-state index in [4.69, 9.17) is 0 Å². The number of rotatable bonds is 5. The first-order valence-electron chi connectivity index (χ1n) is 7.73. The van der Waals surface area contributed by atoms with Crippen molar-refractivity contribution in [1.29, 1.82) is 0 Å². The molecule has 0 radical (unpaired) electrons. The van der Waals surface area contributed by atoms with E-state index in [9.17, 15) is 9.90 Å². The monoisotopic (exact) mass is 291 g/mol. The molecule has 5 heteroatoms. The Balaban J connectivity index is 1.64. The Hall–Kier alpha value is -1.62. The summed E-state index contributed by atoms with van der Waals surface area (Å²) in [5.74, 6) is 0. The average Bonchev–Trinajstić information content (AvgIpc) is 2.48. The SMILES string of the molecule is Cc1ccc(CCNC(=O)NCC2(O)CCCCC2)cn1. The highest BCUT2D eigenvalue weighted by Crippen LogP contribution is 2.27. The van der Waals surface area contributed by atoms with Gasteiger partial charge in [0.05, 0.1) is 5.60 Å². The van der Waals surface area contributed by atoms with E-state index in [0.717, 1.165) is 43.4 Å². The summed E-state index contributed by atoms with van der Waals surface area (Å²) in [5.41, 5.74) is 1.38. The highest BCUT2D eigenvalue weighted by atomic mass is 16.3. The lowest BCUT2D eigenvalue weighted by atomic mass is 9.85. The first-order chi connectivity index (χ1) is 10.1. The van der Waals surface area contributed by atoms with Crippen LogP contribution in [0.3, 0.4) is 0 Å². The van der Waals surface area contributed by atoms with Crippen LogP contribution in [0.4, 0.5) is 4.79 Å².